The van der Waals surface area contributed by atoms with Crippen LogP contribution in [-0.2, 0) is 0 Å². The molecule has 0 aromatic rings. The summed E-state index contributed by atoms with van der Waals surface area (Å²) in [6, 6.07) is 0. The molecule has 0 N–H and O–H groups in total. The standard InChI is InChI=1S/C7H16S5/c1-2-11-5-6(3-8)12-7(10)4-9/h6-10H,2-5H2,1H3. The molecule has 0 amide bonds. The SMILES string of the molecule is CCSCC(CS)SC(S)CS. The summed E-state index contributed by atoms with van der Waals surface area (Å²) in [6.45, 7) is 2.18. The van der Waals surface area contributed by atoms with E-state index in [4.69, 9.17) is 0 Å². The average Bonchev–Trinajstić information content (AvgIpc) is 2.11. The highest BCUT2D eigenvalue weighted by atomic mass is 32.2. The average molecular weight is 261 g/mol. The van der Waals surface area contributed by atoms with E-state index in [0.717, 1.165) is 11.5 Å². The second-order valence-corrected chi connectivity index (χ2v) is 6.77. The van der Waals surface area contributed by atoms with Crippen molar-refractivity contribution in [3.05, 3.63) is 0 Å². The van der Waals surface area contributed by atoms with Crippen LogP contribution >= 0.6 is 61.4 Å². The van der Waals surface area contributed by atoms with Crippen LogP contribution in [0.1, 0.15) is 6.92 Å². The third kappa shape index (κ3) is 7.18. The van der Waals surface area contributed by atoms with Crippen molar-refractivity contribution >= 4 is 61.4 Å². The molecule has 0 aromatic carbocycles. The zero-order valence-corrected chi connectivity index (χ0v) is 11.5. The van der Waals surface area contributed by atoms with Crippen LogP contribution in [0.3, 0.4) is 0 Å². The maximum absolute atomic E-state index is 4.39. The molecular formula is C7H16S5. The van der Waals surface area contributed by atoms with E-state index < -0.39 is 0 Å². The summed E-state index contributed by atoms with van der Waals surface area (Å²) >= 11 is 16.7. The summed E-state index contributed by atoms with van der Waals surface area (Å²) in [5.74, 6) is 4.12. The maximum atomic E-state index is 4.39. The van der Waals surface area contributed by atoms with Crippen LogP contribution in [0.25, 0.3) is 0 Å². The molecule has 0 saturated heterocycles. The van der Waals surface area contributed by atoms with E-state index in [0.29, 0.717) is 9.83 Å². The first-order valence-corrected chi connectivity index (χ1v) is 7.75. The van der Waals surface area contributed by atoms with Gasteiger partial charge in [-0.05, 0) is 5.75 Å². The Labute approximate surface area is 101 Å². The van der Waals surface area contributed by atoms with Crippen LogP contribution in [0.2, 0.25) is 0 Å². The van der Waals surface area contributed by atoms with Gasteiger partial charge in [-0.3, -0.25) is 0 Å². The molecule has 0 fully saturated rings. The molecule has 74 valence electrons. The molecular weight excluding hydrogens is 244 g/mol. The van der Waals surface area contributed by atoms with Gasteiger partial charge >= 0.3 is 0 Å². The smallest absolute Gasteiger partial charge is 0.0563 e. The normalized spacial score (nSPS) is 16.0. The first-order chi connectivity index (χ1) is 5.74. The van der Waals surface area contributed by atoms with E-state index in [-0.39, 0.29) is 0 Å². The molecule has 0 spiro atoms. The Hall–Kier alpha value is 1.75. The van der Waals surface area contributed by atoms with Gasteiger partial charge in [0.05, 0.1) is 4.58 Å². The molecule has 0 rings (SSSR count). The molecule has 0 aliphatic heterocycles. The third-order valence-electron chi connectivity index (χ3n) is 1.22. The fourth-order valence-corrected chi connectivity index (χ4v) is 3.82. The number of hydrogen-bond acceptors (Lipinski definition) is 5. The molecule has 0 aliphatic carbocycles. The summed E-state index contributed by atoms with van der Waals surface area (Å²) < 4.78 is 0.350. The van der Waals surface area contributed by atoms with E-state index in [1.165, 1.54) is 11.5 Å². The van der Waals surface area contributed by atoms with Gasteiger partial charge < -0.3 is 0 Å². The van der Waals surface area contributed by atoms with E-state index in [1.807, 2.05) is 23.5 Å². The minimum absolute atomic E-state index is 0.350. The van der Waals surface area contributed by atoms with Gasteiger partial charge in [0, 0.05) is 22.5 Å². The molecule has 0 saturated carbocycles. The lowest BCUT2D eigenvalue weighted by atomic mass is 10.5. The second kappa shape index (κ2) is 9.31. The van der Waals surface area contributed by atoms with Gasteiger partial charge in [-0.25, -0.2) is 0 Å². The van der Waals surface area contributed by atoms with Crippen LogP contribution in [0.5, 0.6) is 0 Å². The Morgan fingerprint density at radius 2 is 1.92 bits per heavy atom. The van der Waals surface area contributed by atoms with E-state index in [2.05, 4.69) is 44.8 Å². The quantitative estimate of drug-likeness (QED) is 0.476. The number of thiol groups is 3. The Morgan fingerprint density at radius 1 is 1.25 bits per heavy atom. The van der Waals surface area contributed by atoms with Crippen molar-refractivity contribution < 1.29 is 0 Å². The number of hydrogen-bond donors (Lipinski definition) is 3. The van der Waals surface area contributed by atoms with Crippen LogP contribution in [0.15, 0.2) is 0 Å². The summed E-state index contributed by atoms with van der Waals surface area (Å²) in [6.07, 6.45) is 0. The second-order valence-electron chi connectivity index (χ2n) is 2.24. The molecule has 0 aliphatic rings. The molecule has 5 heteroatoms. The van der Waals surface area contributed by atoms with Crippen LogP contribution < -0.4 is 0 Å². The minimum atomic E-state index is 0.350. The van der Waals surface area contributed by atoms with Gasteiger partial charge in [0.25, 0.3) is 0 Å². The highest BCUT2D eigenvalue weighted by Crippen LogP contribution is 2.25. The topological polar surface area (TPSA) is 0 Å². The monoisotopic (exact) mass is 260 g/mol. The fourth-order valence-electron chi connectivity index (χ4n) is 0.650. The van der Waals surface area contributed by atoms with Crippen LogP contribution in [0.4, 0.5) is 0 Å². The maximum Gasteiger partial charge on any atom is 0.0563 e. The van der Waals surface area contributed by atoms with Crippen molar-refractivity contribution in [1.29, 1.82) is 0 Å². The zero-order valence-electron chi connectivity index (χ0n) is 7.14. The van der Waals surface area contributed by atoms with Gasteiger partial charge in [-0.1, -0.05) is 6.92 Å². The van der Waals surface area contributed by atoms with Crippen molar-refractivity contribution in [2.45, 2.75) is 16.8 Å². The van der Waals surface area contributed by atoms with Crippen LogP contribution in [-0.4, -0.2) is 32.8 Å². The predicted octanol–water partition coefficient (Wildman–Crippen LogP) is 2.96. The van der Waals surface area contributed by atoms with Crippen molar-refractivity contribution in [3.8, 4) is 0 Å². The minimum Gasteiger partial charge on any atom is -0.178 e. The Kier molecular flexibility index (Phi) is 10.7. The molecule has 12 heavy (non-hydrogen) atoms. The molecule has 0 aromatic heterocycles. The highest BCUT2D eigenvalue weighted by Gasteiger charge is 2.11. The van der Waals surface area contributed by atoms with Gasteiger partial charge in [0.2, 0.25) is 0 Å². The lowest BCUT2D eigenvalue weighted by molar-refractivity contribution is 1.14. The van der Waals surface area contributed by atoms with Gasteiger partial charge in [-0.15, -0.1) is 11.8 Å². The Morgan fingerprint density at radius 3 is 2.33 bits per heavy atom. The van der Waals surface area contributed by atoms with E-state index in [1.54, 1.807) is 0 Å². The van der Waals surface area contributed by atoms with Crippen molar-refractivity contribution in [2.24, 2.45) is 0 Å². The first kappa shape index (κ1) is 13.8. The first-order valence-electron chi connectivity index (χ1n) is 3.87. The third-order valence-corrected chi connectivity index (χ3v) is 5.81. The summed E-state index contributed by atoms with van der Waals surface area (Å²) in [7, 11) is 0. The van der Waals surface area contributed by atoms with Gasteiger partial charge in [0.1, 0.15) is 0 Å². The zero-order chi connectivity index (χ0) is 9.40. The highest BCUT2D eigenvalue weighted by molar-refractivity contribution is 8.12. The molecule has 0 radical (unpaired) electrons. The largest absolute Gasteiger partial charge is 0.178 e. The molecule has 2 atom stereocenters. The lowest BCUT2D eigenvalue weighted by Crippen LogP contribution is -2.13. The van der Waals surface area contributed by atoms with Crippen LogP contribution in [0, 0.1) is 0 Å². The lowest BCUT2D eigenvalue weighted by Gasteiger charge is -2.16. The van der Waals surface area contributed by atoms with Crippen molar-refractivity contribution in [3.63, 3.8) is 0 Å². The Balaban J connectivity index is 3.51. The fraction of sp³-hybridized carbons (Fsp3) is 1.00. The van der Waals surface area contributed by atoms with Gasteiger partial charge in [0.15, 0.2) is 0 Å². The summed E-state index contributed by atoms with van der Waals surface area (Å²) in [5.41, 5.74) is 0. The van der Waals surface area contributed by atoms with Crippen molar-refractivity contribution in [2.75, 3.05) is 23.0 Å². The molecule has 2 unspecified atom stereocenters. The molecule has 0 bridgehead atoms. The molecule has 0 heterocycles. The summed E-state index contributed by atoms with van der Waals surface area (Å²) in [4.78, 5) is 0. The number of rotatable bonds is 7. The summed E-state index contributed by atoms with van der Waals surface area (Å²) in [5, 5.41) is 0.618. The van der Waals surface area contributed by atoms with E-state index >= 15 is 0 Å². The molecule has 0 nitrogen and oxygen atoms in total. The van der Waals surface area contributed by atoms with E-state index in [9.17, 15) is 0 Å². The Bertz CT molecular complexity index is 97.8. The van der Waals surface area contributed by atoms with Crippen molar-refractivity contribution in [1.82, 2.24) is 0 Å². The van der Waals surface area contributed by atoms with Gasteiger partial charge in [-0.2, -0.15) is 49.6 Å². The number of thioether (sulfide) groups is 2. The predicted molar refractivity (Wildman–Crippen MR) is 74.9 cm³/mol.